The van der Waals surface area contributed by atoms with Crippen LogP contribution in [0.3, 0.4) is 0 Å². The number of para-hydroxylation sites is 1. The van der Waals surface area contributed by atoms with E-state index in [0.717, 1.165) is 22.9 Å². The Morgan fingerprint density at radius 1 is 1.03 bits per heavy atom. The molecule has 0 bridgehead atoms. The molecule has 0 saturated carbocycles. The van der Waals surface area contributed by atoms with Gasteiger partial charge in [-0.3, -0.25) is 0 Å². The van der Waals surface area contributed by atoms with Gasteiger partial charge >= 0.3 is 5.97 Å². The summed E-state index contributed by atoms with van der Waals surface area (Å²) in [4.78, 5) is 12.3. The molecule has 0 aliphatic heterocycles. The second kappa shape index (κ2) is 12.3. The predicted molar refractivity (Wildman–Crippen MR) is 143 cm³/mol. The van der Waals surface area contributed by atoms with Crippen LogP contribution in [-0.2, 0) is 17.9 Å². The minimum absolute atomic E-state index is 0.0414. The third-order valence-electron chi connectivity index (χ3n) is 5.57. The van der Waals surface area contributed by atoms with Crippen molar-refractivity contribution in [1.29, 1.82) is 0 Å². The number of halogens is 1. The van der Waals surface area contributed by atoms with Gasteiger partial charge < -0.3 is 23.9 Å². The van der Waals surface area contributed by atoms with Crippen molar-refractivity contribution < 1.29 is 28.5 Å². The van der Waals surface area contributed by atoms with Gasteiger partial charge in [-0.05, 0) is 60.7 Å². The number of nitrogens with zero attached hydrogens (tertiary/aromatic N) is 3. The fourth-order valence-corrected chi connectivity index (χ4v) is 4.52. The molecule has 196 valence electrons. The molecule has 0 amide bonds. The van der Waals surface area contributed by atoms with Crippen LogP contribution < -0.4 is 14.2 Å². The van der Waals surface area contributed by atoms with E-state index in [1.807, 2.05) is 23.6 Å². The summed E-state index contributed by atoms with van der Waals surface area (Å²) in [5.74, 6) is 0.815. The van der Waals surface area contributed by atoms with E-state index in [0.29, 0.717) is 40.3 Å². The molecule has 1 N–H and O–H groups in total. The zero-order valence-corrected chi connectivity index (χ0v) is 21.9. The van der Waals surface area contributed by atoms with Gasteiger partial charge in [0.1, 0.15) is 34.6 Å². The lowest BCUT2D eigenvalue weighted by Gasteiger charge is -2.11. The van der Waals surface area contributed by atoms with E-state index in [9.17, 15) is 14.3 Å². The van der Waals surface area contributed by atoms with E-state index in [4.69, 9.17) is 14.2 Å². The third kappa shape index (κ3) is 6.33. The Morgan fingerprint density at radius 3 is 2.34 bits per heavy atom. The van der Waals surface area contributed by atoms with E-state index in [-0.39, 0.29) is 17.3 Å². The number of carboxylic acid groups (broad SMARTS) is 1. The lowest BCUT2D eigenvalue weighted by molar-refractivity contribution is -0.131. The first-order valence-corrected chi connectivity index (χ1v) is 12.5. The smallest absolute Gasteiger partial charge is 0.342 e. The van der Waals surface area contributed by atoms with Gasteiger partial charge in [-0.2, -0.15) is 0 Å². The van der Waals surface area contributed by atoms with Crippen LogP contribution in [0, 0.1) is 5.82 Å². The summed E-state index contributed by atoms with van der Waals surface area (Å²) in [6, 6.07) is 18.5. The molecule has 0 spiro atoms. The summed E-state index contributed by atoms with van der Waals surface area (Å²) < 4.78 is 31.7. The van der Waals surface area contributed by atoms with Gasteiger partial charge in [0, 0.05) is 23.7 Å². The van der Waals surface area contributed by atoms with Crippen molar-refractivity contribution in [2.24, 2.45) is 0 Å². The van der Waals surface area contributed by atoms with Gasteiger partial charge in [-0.15, -0.1) is 10.2 Å². The predicted octanol–water partition coefficient (Wildman–Crippen LogP) is 5.92. The lowest BCUT2D eigenvalue weighted by Crippen LogP contribution is -2.03. The number of carboxylic acids is 1. The highest BCUT2D eigenvalue weighted by Crippen LogP contribution is 2.34. The van der Waals surface area contributed by atoms with Crippen LogP contribution in [-0.4, -0.2) is 40.1 Å². The number of carbonyl (C=O) groups is 1. The minimum Gasteiger partial charge on any atom is -0.497 e. The maximum absolute atomic E-state index is 13.2. The van der Waals surface area contributed by atoms with Gasteiger partial charge in [-0.25, -0.2) is 9.18 Å². The Hall–Kier alpha value is -4.31. The molecule has 0 aliphatic rings. The molecule has 0 unspecified atom stereocenters. The van der Waals surface area contributed by atoms with Crippen molar-refractivity contribution in [2.45, 2.75) is 25.2 Å². The molecule has 0 fully saturated rings. The van der Waals surface area contributed by atoms with Gasteiger partial charge in [-0.1, -0.05) is 30.3 Å². The summed E-state index contributed by atoms with van der Waals surface area (Å²) in [7, 11) is 3.13. The summed E-state index contributed by atoms with van der Waals surface area (Å²) in [5.41, 5.74) is 2.10. The number of hydrogen-bond acceptors (Lipinski definition) is 7. The number of aromatic nitrogens is 3. The summed E-state index contributed by atoms with van der Waals surface area (Å²) in [6.45, 7) is 2.64. The minimum atomic E-state index is -1.11. The molecule has 3 aromatic carbocycles. The first-order chi connectivity index (χ1) is 18.4. The largest absolute Gasteiger partial charge is 0.497 e. The van der Waals surface area contributed by atoms with E-state index < -0.39 is 5.97 Å². The molecule has 0 radical (unpaired) electrons. The average Bonchev–Trinajstić information content (AvgIpc) is 3.35. The van der Waals surface area contributed by atoms with Crippen LogP contribution in [0.4, 0.5) is 4.39 Å². The Bertz CT molecular complexity index is 1430. The number of hydrogen-bond donors (Lipinski definition) is 1. The monoisotopic (exact) mass is 535 g/mol. The highest BCUT2D eigenvalue weighted by Gasteiger charge is 2.20. The average molecular weight is 536 g/mol. The zero-order valence-electron chi connectivity index (χ0n) is 21.1. The lowest BCUT2D eigenvalue weighted by atomic mass is 10.2. The van der Waals surface area contributed by atoms with E-state index >= 15 is 0 Å². The SMILES string of the molecule is CCn1c(S/C(=C\c2ccccc2OCc2ccc(F)cc2)C(=O)O)nnc1-c1cc(OC)cc(OC)c1. The molecule has 1 heterocycles. The number of aliphatic carboxylic acids is 1. The number of methoxy groups -OCH3 is 2. The number of benzene rings is 3. The molecular formula is C28H26FN3O5S. The highest BCUT2D eigenvalue weighted by atomic mass is 32.2. The van der Waals surface area contributed by atoms with Crippen molar-refractivity contribution in [3.63, 3.8) is 0 Å². The van der Waals surface area contributed by atoms with Crippen LogP contribution in [0.1, 0.15) is 18.1 Å². The second-order valence-corrected chi connectivity index (χ2v) is 9.03. The Kier molecular flexibility index (Phi) is 8.65. The van der Waals surface area contributed by atoms with Crippen LogP contribution in [0.15, 0.2) is 76.8 Å². The number of thioether (sulfide) groups is 1. The van der Waals surface area contributed by atoms with Crippen molar-refractivity contribution >= 4 is 23.8 Å². The normalized spacial score (nSPS) is 11.3. The topological polar surface area (TPSA) is 95.7 Å². The van der Waals surface area contributed by atoms with Gasteiger partial charge in [0.15, 0.2) is 11.0 Å². The van der Waals surface area contributed by atoms with Crippen LogP contribution in [0.2, 0.25) is 0 Å². The first kappa shape index (κ1) is 26.7. The second-order valence-electron chi connectivity index (χ2n) is 8.02. The first-order valence-electron chi connectivity index (χ1n) is 11.7. The van der Waals surface area contributed by atoms with Crippen molar-refractivity contribution in [2.75, 3.05) is 14.2 Å². The fraction of sp³-hybridized carbons (Fsp3) is 0.179. The molecule has 1 aromatic heterocycles. The Labute approximate surface area is 223 Å². The highest BCUT2D eigenvalue weighted by molar-refractivity contribution is 8.04. The van der Waals surface area contributed by atoms with E-state index in [1.54, 1.807) is 56.7 Å². The Balaban J connectivity index is 1.63. The standard InChI is InChI=1S/C28H26FN3O5S/c1-4-32-26(20-13-22(35-2)16-23(14-20)36-3)30-31-28(32)38-25(27(33)34)15-19-7-5-6-8-24(19)37-17-18-9-11-21(29)12-10-18/h5-16H,4,17H2,1-3H3,(H,33,34)/b25-15-. The van der Waals surface area contributed by atoms with E-state index in [2.05, 4.69) is 10.2 Å². The van der Waals surface area contributed by atoms with Crippen molar-refractivity contribution in [3.8, 4) is 28.6 Å². The third-order valence-corrected chi connectivity index (χ3v) is 6.56. The zero-order chi connectivity index (χ0) is 27.1. The van der Waals surface area contributed by atoms with Crippen molar-refractivity contribution in [3.05, 3.63) is 88.6 Å². The molecule has 0 saturated heterocycles. The molecule has 10 heteroatoms. The summed E-state index contributed by atoms with van der Waals surface area (Å²) >= 11 is 0.994. The molecular weight excluding hydrogens is 509 g/mol. The molecule has 4 rings (SSSR count). The van der Waals surface area contributed by atoms with Crippen LogP contribution >= 0.6 is 11.8 Å². The molecule has 38 heavy (non-hydrogen) atoms. The Morgan fingerprint density at radius 2 is 1.71 bits per heavy atom. The van der Waals surface area contributed by atoms with Crippen molar-refractivity contribution in [1.82, 2.24) is 14.8 Å². The number of rotatable bonds is 11. The molecule has 0 atom stereocenters. The molecule has 4 aromatic rings. The quantitative estimate of drug-likeness (QED) is 0.187. The van der Waals surface area contributed by atoms with Crippen LogP contribution in [0.5, 0.6) is 17.2 Å². The van der Waals surface area contributed by atoms with Gasteiger partial charge in [0.05, 0.1) is 14.2 Å². The van der Waals surface area contributed by atoms with Crippen LogP contribution in [0.25, 0.3) is 17.5 Å². The molecule has 0 aliphatic carbocycles. The van der Waals surface area contributed by atoms with Gasteiger partial charge in [0.2, 0.25) is 0 Å². The van der Waals surface area contributed by atoms with E-state index in [1.165, 1.54) is 18.2 Å². The maximum Gasteiger partial charge on any atom is 0.342 e. The fourth-order valence-electron chi connectivity index (χ4n) is 3.65. The summed E-state index contributed by atoms with van der Waals surface area (Å²) in [6.07, 6.45) is 1.54. The summed E-state index contributed by atoms with van der Waals surface area (Å²) in [5, 5.41) is 19.0. The number of ether oxygens (including phenoxy) is 3. The molecule has 8 nitrogen and oxygen atoms in total. The maximum atomic E-state index is 13.2. The van der Waals surface area contributed by atoms with Gasteiger partial charge in [0.25, 0.3) is 0 Å².